The molecule has 1 aromatic heterocycles. The lowest BCUT2D eigenvalue weighted by molar-refractivity contribution is -0.137. The van der Waals surface area contributed by atoms with Crippen LogP contribution in [-0.2, 0) is 12.7 Å². The van der Waals surface area contributed by atoms with Gasteiger partial charge in [0.25, 0.3) is 0 Å². The number of benzene rings is 1. The highest BCUT2D eigenvalue weighted by atomic mass is 32.1. The van der Waals surface area contributed by atoms with E-state index in [1.54, 1.807) is 13.2 Å². The van der Waals surface area contributed by atoms with Gasteiger partial charge in [-0.1, -0.05) is 0 Å². The van der Waals surface area contributed by atoms with Crippen LogP contribution in [0.25, 0.3) is 0 Å². The summed E-state index contributed by atoms with van der Waals surface area (Å²) in [6, 6.07) is 3.06. The minimum atomic E-state index is -4.46. The molecule has 0 bridgehead atoms. The molecule has 0 spiro atoms. The molecular weight excluding hydrogens is 377 g/mol. The Labute approximate surface area is 159 Å². The molecule has 1 fully saturated rings. The Morgan fingerprint density at radius 3 is 2.63 bits per heavy atom. The number of alkyl halides is 3. The third-order valence-corrected chi connectivity index (χ3v) is 5.32. The van der Waals surface area contributed by atoms with Gasteiger partial charge in [-0.25, -0.2) is 9.78 Å². The number of thiazole rings is 1. The molecule has 146 valence electrons. The summed E-state index contributed by atoms with van der Waals surface area (Å²) in [6.07, 6.45) is -0.795. The van der Waals surface area contributed by atoms with E-state index in [9.17, 15) is 18.0 Å². The predicted octanol–water partition coefficient (Wildman–Crippen LogP) is 4.73. The maximum absolute atomic E-state index is 13.1. The number of nitrogens with one attached hydrogen (secondary N) is 1. The van der Waals surface area contributed by atoms with Gasteiger partial charge in [-0.3, -0.25) is 0 Å². The van der Waals surface area contributed by atoms with Crippen molar-refractivity contribution in [1.29, 1.82) is 0 Å². The van der Waals surface area contributed by atoms with Crippen LogP contribution in [0.2, 0.25) is 0 Å². The molecule has 5 nitrogen and oxygen atoms in total. The Balaban J connectivity index is 1.81. The lowest BCUT2D eigenvalue weighted by Crippen LogP contribution is -2.31. The number of aromatic nitrogens is 1. The number of urea groups is 1. The van der Waals surface area contributed by atoms with Crippen molar-refractivity contribution in [2.45, 2.75) is 32.5 Å². The van der Waals surface area contributed by atoms with Crippen LogP contribution in [0.1, 0.15) is 28.3 Å². The molecule has 2 heterocycles. The zero-order valence-corrected chi connectivity index (χ0v) is 16.0. The van der Waals surface area contributed by atoms with Gasteiger partial charge in [0.15, 0.2) is 0 Å². The van der Waals surface area contributed by atoms with Crippen LogP contribution in [0, 0.1) is 6.92 Å². The molecule has 0 atom stereocenters. The molecule has 2 aromatic rings. The van der Waals surface area contributed by atoms with E-state index in [0.29, 0.717) is 12.2 Å². The summed E-state index contributed by atoms with van der Waals surface area (Å²) in [4.78, 5) is 21.0. The lowest BCUT2D eigenvalue weighted by Gasteiger charge is -2.24. The molecule has 1 aromatic carbocycles. The summed E-state index contributed by atoms with van der Waals surface area (Å²) < 4.78 is 39.4. The number of hydrogen-bond acceptors (Lipinski definition) is 4. The summed E-state index contributed by atoms with van der Waals surface area (Å²) in [7, 11) is 1.60. The first-order valence-electron chi connectivity index (χ1n) is 8.63. The van der Waals surface area contributed by atoms with Crippen LogP contribution in [0.4, 0.5) is 29.3 Å². The first-order chi connectivity index (χ1) is 12.7. The van der Waals surface area contributed by atoms with Gasteiger partial charge in [-0.05, 0) is 38.0 Å². The molecule has 1 N–H and O–H groups in total. The number of rotatable bonds is 4. The highest BCUT2D eigenvalue weighted by Crippen LogP contribution is 2.36. The largest absolute Gasteiger partial charge is 0.416 e. The van der Waals surface area contributed by atoms with Gasteiger partial charge in [0.1, 0.15) is 0 Å². The molecule has 9 heteroatoms. The normalized spacial score (nSPS) is 14.5. The van der Waals surface area contributed by atoms with Crippen molar-refractivity contribution in [3.63, 3.8) is 0 Å². The summed E-state index contributed by atoms with van der Waals surface area (Å²) in [5.74, 6) is 0. The summed E-state index contributed by atoms with van der Waals surface area (Å²) in [5, 5.41) is 3.55. The van der Waals surface area contributed by atoms with Crippen molar-refractivity contribution in [3.8, 4) is 0 Å². The predicted molar refractivity (Wildman–Crippen MR) is 100 cm³/mol. The Morgan fingerprint density at radius 1 is 1.33 bits per heavy atom. The molecule has 2 amide bonds. The van der Waals surface area contributed by atoms with Crippen LogP contribution in [0.3, 0.4) is 0 Å². The Hall–Kier alpha value is -2.29. The van der Waals surface area contributed by atoms with E-state index in [1.807, 2.05) is 11.8 Å². The van der Waals surface area contributed by atoms with E-state index in [2.05, 4.69) is 10.3 Å². The second-order valence-electron chi connectivity index (χ2n) is 6.56. The molecule has 0 aliphatic carbocycles. The molecule has 1 aliphatic rings. The smallest absolute Gasteiger partial charge is 0.370 e. The second kappa shape index (κ2) is 7.75. The van der Waals surface area contributed by atoms with Crippen molar-refractivity contribution in [3.05, 3.63) is 39.8 Å². The first kappa shape index (κ1) is 19.5. The minimum Gasteiger partial charge on any atom is -0.370 e. The van der Waals surface area contributed by atoms with Gasteiger partial charge in [0.2, 0.25) is 0 Å². The van der Waals surface area contributed by atoms with Crippen LogP contribution in [-0.4, -0.2) is 36.1 Å². The molecule has 0 saturated carbocycles. The number of hydrogen-bond donors (Lipinski definition) is 1. The average molecular weight is 398 g/mol. The third-order valence-electron chi connectivity index (χ3n) is 4.42. The zero-order chi connectivity index (χ0) is 19.6. The quantitative estimate of drug-likeness (QED) is 0.810. The maximum atomic E-state index is 13.1. The molecule has 27 heavy (non-hydrogen) atoms. The van der Waals surface area contributed by atoms with Crippen molar-refractivity contribution in [2.24, 2.45) is 0 Å². The fourth-order valence-electron chi connectivity index (χ4n) is 3.04. The monoisotopic (exact) mass is 398 g/mol. The maximum Gasteiger partial charge on any atom is 0.416 e. The Bertz CT molecular complexity index is 815. The van der Waals surface area contributed by atoms with Gasteiger partial charge in [0.05, 0.1) is 28.5 Å². The van der Waals surface area contributed by atoms with E-state index >= 15 is 0 Å². The van der Waals surface area contributed by atoms with Crippen LogP contribution in [0.5, 0.6) is 0 Å². The van der Waals surface area contributed by atoms with Gasteiger partial charge in [-0.15, -0.1) is 11.3 Å². The van der Waals surface area contributed by atoms with E-state index in [1.165, 1.54) is 22.3 Å². The first-order valence-corrected chi connectivity index (χ1v) is 9.45. The van der Waals surface area contributed by atoms with Crippen molar-refractivity contribution in [2.75, 3.05) is 30.4 Å². The van der Waals surface area contributed by atoms with Crippen LogP contribution >= 0.6 is 11.3 Å². The van der Waals surface area contributed by atoms with Crippen molar-refractivity contribution < 1.29 is 18.0 Å². The fourth-order valence-corrected chi connectivity index (χ4v) is 3.89. The van der Waals surface area contributed by atoms with Crippen LogP contribution < -0.4 is 10.2 Å². The van der Waals surface area contributed by atoms with Gasteiger partial charge in [-0.2, -0.15) is 13.2 Å². The number of carbonyl (C=O) groups is 1. The number of amides is 2. The van der Waals surface area contributed by atoms with E-state index in [4.69, 9.17) is 0 Å². The lowest BCUT2D eigenvalue weighted by atomic mass is 10.1. The second-order valence-corrected chi connectivity index (χ2v) is 7.87. The zero-order valence-electron chi connectivity index (χ0n) is 15.1. The number of anilines is 2. The Kier molecular flexibility index (Phi) is 5.59. The number of carbonyl (C=O) groups excluding carboxylic acids is 1. The molecular formula is C18H21F3N4OS. The summed E-state index contributed by atoms with van der Waals surface area (Å²) in [5.41, 5.74) is 0.0291. The minimum absolute atomic E-state index is 0.184. The van der Waals surface area contributed by atoms with Crippen molar-refractivity contribution >= 4 is 28.7 Å². The third kappa shape index (κ3) is 4.71. The molecule has 0 unspecified atom stereocenters. The standard InChI is InChI=1S/C18H21F3N4OS/c1-12-22-10-14(27-12)11-24(2)17(26)23-15-9-13(18(19,20)21)5-6-16(15)25-7-3-4-8-25/h5-6,9-10H,3-4,7-8,11H2,1-2H3,(H,23,26). The molecule has 0 radical (unpaired) electrons. The number of nitrogens with zero attached hydrogens (tertiary/aromatic N) is 3. The van der Waals surface area contributed by atoms with Gasteiger partial charge >= 0.3 is 12.2 Å². The van der Waals surface area contributed by atoms with Crippen LogP contribution in [0.15, 0.2) is 24.4 Å². The highest BCUT2D eigenvalue weighted by molar-refractivity contribution is 7.11. The van der Waals surface area contributed by atoms with E-state index in [0.717, 1.165) is 47.9 Å². The summed E-state index contributed by atoms with van der Waals surface area (Å²) >= 11 is 1.48. The van der Waals surface area contributed by atoms with E-state index in [-0.39, 0.29) is 5.69 Å². The molecule has 1 aliphatic heterocycles. The fraction of sp³-hybridized carbons (Fsp3) is 0.444. The van der Waals surface area contributed by atoms with Crippen molar-refractivity contribution in [1.82, 2.24) is 9.88 Å². The highest BCUT2D eigenvalue weighted by Gasteiger charge is 2.32. The number of aryl methyl sites for hydroxylation is 1. The number of halogens is 3. The topological polar surface area (TPSA) is 48.5 Å². The SMILES string of the molecule is Cc1ncc(CN(C)C(=O)Nc2cc(C(F)(F)F)ccc2N2CCCC2)s1. The Morgan fingerprint density at radius 2 is 2.04 bits per heavy atom. The molecule has 1 saturated heterocycles. The van der Waals surface area contributed by atoms with Gasteiger partial charge < -0.3 is 15.1 Å². The van der Waals surface area contributed by atoms with E-state index < -0.39 is 17.8 Å². The average Bonchev–Trinajstić information content (AvgIpc) is 3.26. The van der Waals surface area contributed by atoms with Gasteiger partial charge in [0, 0.05) is 31.2 Å². The molecule has 3 rings (SSSR count). The summed E-state index contributed by atoms with van der Waals surface area (Å²) in [6.45, 7) is 3.75.